The molecule has 2 aromatic rings. The van der Waals surface area contributed by atoms with E-state index < -0.39 is 0 Å². The third kappa shape index (κ3) is 4.35. The molecule has 0 aliphatic heterocycles. The van der Waals surface area contributed by atoms with E-state index >= 15 is 0 Å². The lowest BCUT2D eigenvalue weighted by Gasteiger charge is -2.14. The Kier molecular flexibility index (Phi) is 5.59. The number of nitrogens with zero attached hydrogens (tertiary/aromatic N) is 1. The van der Waals surface area contributed by atoms with Crippen LogP contribution >= 0.6 is 0 Å². The fourth-order valence-electron chi connectivity index (χ4n) is 2.53. The summed E-state index contributed by atoms with van der Waals surface area (Å²) in [6.07, 6.45) is 4.22. The standard InChI is InChI=1S/C19H21NO2/c1-14(21)9-11-16-6-5-7-17(12-10-15(2)22)19(16)18-8-3-4-13-20-18/h3-8,13H,9-12H2,1-2H3. The first-order chi connectivity index (χ1) is 10.6. The van der Waals surface area contributed by atoms with Crippen LogP contribution in [0.4, 0.5) is 0 Å². The summed E-state index contributed by atoms with van der Waals surface area (Å²) in [6.45, 7) is 3.22. The number of pyridine rings is 1. The zero-order valence-electron chi connectivity index (χ0n) is 13.1. The topological polar surface area (TPSA) is 47.0 Å². The van der Waals surface area contributed by atoms with Crippen LogP contribution in [0, 0.1) is 0 Å². The summed E-state index contributed by atoms with van der Waals surface area (Å²) in [5.74, 6) is 0.363. The number of rotatable bonds is 7. The van der Waals surface area contributed by atoms with Gasteiger partial charge in [-0.05, 0) is 49.9 Å². The van der Waals surface area contributed by atoms with Crippen molar-refractivity contribution in [3.8, 4) is 11.3 Å². The van der Waals surface area contributed by atoms with Crippen LogP contribution in [0.2, 0.25) is 0 Å². The number of aromatic nitrogens is 1. The normalized spacial score (nSPS) is 10.5. The van der Waals surface area contributed by atoms with E-state index in [4.69, 9.17) is 0 Å². The van der Waals surface area contributed by atoms with E-state index in [1.807, 2.05) is 36.4 Å². The Hall–Kier alpha value is -2.29. The summed E-state index contributed by atoms with van der Waals surface area (Å²) in [4.78, 5) is 27.1. The van der Waals surface area contributed by atoms with Crippen LogP contribution in [-0.2, 0) is 22.4 Å². The first-order valence-corrected chi connectivity index (χ1v) is 7.59. The van der Waals surface area contributed by atoms with Gasteiger partial charge in [-0.25, -0.2) is 0 Å². The Bertz CT molecular complexity index is 626. The number of aryl methyl sites for hydroxylation is 2. The number of hydrogen-bond acceptors (Lipinski definition) is 3. The molecule has 0 amide bonds. The maximum Gasteiger partial charge on any atom is 0.130 e. The molecule has 3 nitrogen and oxygen atoms in total. The molecule has 0 spiro atoms. The molecule has 3 heteroatoms. The van der Waals surface area contributed by atoms with Crippen LogP contribution in [-0.4, -0.2) is 16.6 Å². The Balaban J connectivity index is 2.42. The van der Waals surface area contributed by atoms with Crippen molar-refractivity contribution >= 4 is 11.6 Å². The van der Waals surface area contributed by atoms with Crippen LogP contribution in [0.1, 0.15) is 37.8 Å². The van der Waals surface area contributed by atoms with Crippen LogP contribution in [0.15, 0.2) is 42.6 Å². The van der Waals surface area contributed by atoms with Gasteiger partial charge in [0.1, 0.15) is 11.6 Å². The van der Waals surface area contributed by atoms with Gasteiger partial charge in [0.15, 0.2) is 0 Å². The van der Waals surface area contributed by atoms with Gasteiger partial charge in [-0.15, -0.1) is 0 Å². The number of hydrogen-bond donors (Lipinski definition) is 0. The summed E-state index contributed by atoms with van der Waals surface area (Å²) >= 11 is 0. The fraction of sp³-hybridized carbons (Fsp3) is 0.316. The molecule has 1 heterocycles. The highest BCUT2D eigenvalue weighted by Crippen LogP contribution is 2.28. The molecule has 0 radical (unpaired) electrons. The predicted octanol–water partition coefficient (Wildman–Crippen LogP) is 3.79. The van der Waals surface area contributed by atoms with Gasteiger partial charge in [0.25, 0.3) is 0 Å². The second kappa shape index (κ2) is 7.64. The van der Waals surface area contributed by atoms with Crippen molar-refractivity contribution in [3.05, 3.63) is 53.7 Å². The zero-order chi connectivity index (χ0) is 15.9. The molecule has 1 aromatic carbocycles. The van der Waals surface area contributed by atoms with Gasteiger partial charge in [0.2, 0.25) is 0 Å². The van der Waals surface area contributed by atoms with Gasteiger partial charge in [0, 0.05) is 24.6 Å². The Morgan fingerprint density at radius 2 is 1.45 bits per heavy atom. The first-order valence-electron chi connectivity index (χ1n) is 7.59. The molecule has 0 atom stereocenters. The van der Waals surface area contributed by atoms with Crippen molar-refractivity contribution in [2.24, 2.45) is 0 Å². The van der Waals surface area contributed by atoms with E-state index in [1.165, 1.54) is 0 Å². The van der Waals surface area contributed by atoms with Gasteiger partial charge in [0.05, 0.1) is 5.69 Å². The summed E-state index contributed by atoms with van der Waals surface area (Å²) in [5, 5.41) is 0. The molecular weight excluding hydrogens is 274 g/mol. The Morgan fingerprint density at radius 3 is 1.91 bits per heavy atom. The minimum atomic E-state index is 0.182. The van der Waals surface area contributed by atoms with E-state index in [1.54, 1.807) is 20.0 Å². The third-order valence-corrected chi connectivity index (χ3v) is 3.65. The largest absolute Gasteiger partial charge is 0.300 e. The van der Waals surface area contributed by atoms with Crippen molar-refractivity contribution < 1.29 is 9.59 Å². The number of carbonyl (C=O) groups is 2. The van der Waals surface area contributed by atoms with Crippen molar-refractivity contribution in [3.63, 3.8) is 0 Å². The molecule has 2 rings (SSSR count). The van der Waals surface area contributed by atoms with Crippen LogP contribution < -0.4 is 0 Å². The molecule has 114 valence electrons. The molecule has 0 N–H and O–H groups in total. The molecule has 0 saturated heterocycles. The van der Waals surface area contributed by atoms with Gasteiger partial charge >= 0.3 is 0 Å². The van der Waals surface area contributed by atoms with E-state index in [0.717, 1.165) is 22.4 Å². The highest BCUT2D eigenvalue weighted by atomic mass is 16.1. The first kappa shape index (κ1) is 16.1. The van der Waals surface area contributed by atoms with E-state index in [2.05, 4.69) is 4.98 Å². The number of carbonyl (C=O) groups excluding carboxylic acids is 2. The van der Waals surface area contributed by atoms with Crippen LogP contribution in [0.3, 0.4) is 0 Å². The van der Waals surface area contributed by atoms with E-state index in [-0.39, 0.29) is 11.6 Å². The van der Waals surface area contributed by atoms with Gasteiger partial charge in [-0.1, -0.05) is 24.3 Å². The van der Waals surface area contributed by atoms with Gasteiger partial charge in [-0.3, -0.25) is 4.98 Å². The number of ketones is 2. The molecular formula is C19H21NO2. The Labute approximate surface area is 131 Å². The van der Waals surface area contributed by atoms with Crippen molar-refractivity contribution in [1.29, 1.82) is 0 Å². The molecule has 0 aliphatic rings. The number of Topliss-reactive ketones (excluding diaryl/α,β-unsaturated/α-hetero) is 2. The minimum Gasteiger partial charge on any atom is -0.300 e. The van der Waals surface area contributed by atoms with Crippen molar-refractivity contribution in [2.75, 3.05) is 0 Å². The second-order valence-corrected chi connectivity index (χ2v) is 5.57. The average Bonchev–Trinajstić information content (AvgIpc) is 2.51. The zero-order valence-corrected chi connectivity index (χ0v) is 13.1. The van der Waals surface area contributed by atoms with E-state index in [0.29, 0.717) is 25.7 Å². The molecule has 22 heavy (non-hydrogen) atoms. The average molecular weight is 295 g/mol. The minimum absolute atomic E-state index is 0.182. The maximum absolute atomic E-state index is 11.3. The summed E-state index contributed by atoms with van der Waals surface area (Å²) in [6, 6.07) is 11.9. The quantitative estimate of drug-likeness (QED) is 0.780. The van der Waals surface area contributed by atoms with Gasteiger partial charge < -0.3 is 9.59 Å². The second-order valence-electron chi connectivity index (χ2n) is 5.57. The smallest absolute Gasteiger partial charge is 0.130 e. The SMILES string of the molecule is CC(=O)CCc1cccc(CCC(C)=O)c1-c1ccccn1. The lowest BCUT2D eigenvalue weighted by Crippen LogP contribution is -2.02. The summed E-state index contributed by atoms with van der Waals surface area (Å²) in [5.41, 5.74) is 4.22. The van der Waals surface area contributed by atoms with E-state index in [9.17, 15) is 9.59 Å². The monoisotopic (exact) mass is 295 g/mol. The maximum atomic E-state index is 11.3. The molecule has 0 saturated carbocycles. The summed E-state index contributed by atoms with van der Waals surface area (Å²) in [7, 11) is 0. The van der Waals surface area contributed by atoms with Gasteiger partial charge in [-0.2, -0.15) is 0 Å². The molecule has 0 fully saturated rings. The lowest BCUT2D eigenvalue weighted by molar-refractivity contribution is -0.117. The predicted molar refractivity (Wildman–Crippen MR) is 87.7 cm³/mol. The lowest BCUT2D eigenvalue weighted by atomic mass is 9.92. The van der Waals surface area contributed by atoms with Crippen LogP contribution in [0.25, 0.3) is 11.3 Å². The van der Waals surface area contributed by atoms with Crippen LogP contribution in [0.5, 0.6) is 0 Å². The number of benzene rings is 1. The molecule has 0 bridgehead atoms. The third-order valence-electron chi connectivity index (χ3n) is 3.65. The van der Waals surface area contributed by atoms with Crippen molar-refractivity contribution in [2.45, 2.75) is 39.5 Å². The highest BCUT2D eigenvalue weighted by molar-refractivity contribution is 5.78. The Morgan fingerprint density at radius 1 is 0.864 bits per heavy atom. The molecule has 0 unspecified atom stereocenters. The fourth-order valence-corrected chi connectivity index (χ4v) is 2.53. The molecule has 1 aromatic heterocycles. The summed E-state index contributed by atoms with van der Waals surface area (Å²) < 4.78 is 0. The van der Waals surface area contributed by atoms with Crippen molar-refractivity contribution in [1.82, 2.24) is 4.98 Å². The molecule has 0 aliphatic carbocycles. The highest BCUT2D eigenvalue weighted by Gasteiger charge is 2.12.